The minimum atomic E-state index is -0.645. The number of hydrogen-bond acceptors (Lipinski definition) is 7. The molecule has 9 heteroatoms. The van der Waals surface area contributed by atoms with E-state index in [2.05, 4.69) is 20.3 Å². The molecule has 0 saturated carbocycles. The van der Waals surface area contributed by atoms with Crippen molar-refractivity contribution in [1.29, 1.82) is 0 Å². The summed E-state index contributed by atoms with van der Waals surface area (Å²) in [6.45, 7) is 1.42. The van der Waals surface area contributed by atoms with Gasteiger partial charge in [0.15, 0.2) is 17.2 Å². The molecule has 1 aromatic carbocycles. The lowest BCUT2D eigenvalue weighted by molar-refractivity contribution is 0.0904. The molecule has 0 aliphatic carbocycles. The van der Waals surface area contributed by atoms with Crippen molar-refractivity contribution in [3.8, 4) is 22.9 Å². The number of nitrogens with one attached hydrogen (secondary N) is 2. The van der Waals surface area contributed by atoms with Crippen molar-refractivity contribution in [1.82, 2.24) is 15.0 Å². The van der Waals surface area contributed by atoms with Crippen molar-refractivity contribution in [2.75, 3.05) is 32.8 Å². The number of fused-ring (bicyclic) bond motifs is 1. The predicted octanol–water partition coefficient (Wildman–Crippen LogP) is 2.33. The van der Waals surface area contributed by atoms with E-state index in [0.717, 1.165) is 23.7 Å². The van der Waals surface area contributed by atoms with E-state index in [1.54, 1.807) is 14.2 Å². The van der Waals surface area contributed by atoms with E-state index < -0.39 is 5.91 Å². The number of ether oxygens (including phenoxy) is 3. The molecule has 3 heterocycles. The second kappa shape index (κ2) is 7.96. The Kier molecular flexibility index (Phi) is 5.22. The third kappa shape index (κ3) is 3.68. The van der Waals surface area contributed by atoms with Gasteiger partial charge in [-0.15, -0.1) is 0 Å². The number of methoxy groups -OCH3 is 2. The molecule has 9 nitrogen and oxygen atoms in total. The maximum Gasteiger partial charge on any atom is 0.269 e. The van der Waals surface area contributed by atoms with Gasteiger partial charge in [-0.1, -0.05) is 0 Å². The molecule has 4 N–H and O–H groups in total. The molecule has 3 aromatic rings. The fourth-order valence-electron chi connectivity index (χ4n) is 3.53. The Labute approximate surface area is 167 Å². The van der Waals surface area contributed by atoms with Crippen LogP contribution in [0.2, 0.25) is 0 Å². The number of hydrogen-bond donors (Lipinski definition) is 3. The smallest absolute Gasteiger partial charge is 0.269 e. The molecule has 0 atom stereocenters. The van der Waals surface area contributed by atoms with Crippen LogP contribution in [-0.4, -0.2) is 54.3 Å². The topological polar surface area (TPSA) is 124 Å². The fraction of sp³-hybridized carbons (Fsp3) is 0.350. The van der Waals surface area contributed by atoms with Gasteiger partial charge in [0.25, 0.3) is 5.91 Å². The summed E-state index contributed by atoms with van der Waals surface area (Å²) >= 11 is 0. The Morgan fingerprint density at radius 2 is 2.07 bits per heavy atom. The highest BCUT2D eigenvalue weighted by atomic mass is 16.5. The Hall–Kier alpha value is -3.33. The quantitative estimate of drug-likeness (QED) is 0.583. The first-order chi connectivity index (χ1) is 14.1. The third-order valence-corrected chi connectivity index (χ3v) is 4.98. The molecule has 1 saturated heterocycles. The predicted molar refractivity (Wildman–Crippen MR) is 108 cm³/mol. The zero-order valence-corrected chi connectivity index (χ0v) is 16.3. The molecule has 1 fully saturated rings. The number of H-pyrrole nitrogens is 1. The normalized spacial score (nSPS) is 14.7. The summed E-state index contributed by atoms with van der Waals surface area (Å²) in [4.78, 5) is 24.1. The van der Waals surface area contributed by atoms with Crippen molar-refractivity contribution in [3.63, 3.8) is 0 Å². The van der Waals surface area contributed by atoms with Gasteiger partial charge in [-0.25, -0.2) is 9.97 Å². The lowest BCUT2D eigenvalue weighted by Gasteiger charge is -2.23. The molecular formula is C20H23N5O4. The van der Waals surface area contributed by atoms with Gasteiger partial charge in [0.2, 0.25) is 0 Å². The Morgan fingerprint density at radius 3 is 2.76 bits per heavy atom. The van der Waals surface area contributed by atoms with E-state index in [1.807, 2.05) is 18.2 Å². The highest BCUT2D eigenvalue weighted by Crippen LogP contribution is 2.37. The van der Waals surface area contributed by atoms with Gasteiger partial charge in [0.1, 0.15) is 11.5 Å². The van der Waals surface area contributed by atoms with Crippen LogP contribution in [0.5, 0.6) is 11.5 Å². The lowest BCUT2D eigenvalue weighted by Crippen LogP contribution is -2.28. The zero-order valence-electron chi connectivity index (χ0n) is 16.3. The monoisotopic (exact) mass is 397 g/mol. The molecule has 0 unspecified atom stereocenters. The summed E-state index contributed by atoms with van der Waals surface area (Å²) in [5.41, 5.74) is 7.46. The van der Waals surface area contributed by atoms with Crippen LogP contribution in [0, 0.1) is 0 Å². The number of benzene rings is 1. The fourth-order valence-corrected chi connectivity index (χ4v) is 3.53. The zero-order chi connectivity index (χ0) is 20.4. The largest absolute Gasteiger partial charge is 0.493 e. The standard InChI is InChI=1S/C20H23N5O4/c1-27-15-4-3-13-12(19(15)28-2)9-14(24-13)17-18(20(21)26)22-10-16(25-17)23-11-5-7-29-8-6-11/h3-4,9-11,24H,5-8H2,1-2H3,(H2,21,26)(H,23,25). The molecule has 1 aliphatic heterocycles. The summed E-state index contributed by atoms with van der Waals surface area (Å²) in [5, 5.41) is 4.17. The van der Waals surface area contributed by atoms with Crippen molar-refractivity contribution >= 4 is 22.6 Å². The van der Waals surface area contributed by atoms with Gasteiger partial charge in [-0.3, -0.25) is 4.79 Å². The van der Waals surface area contributed by atoms with Crippen molar-refractivity contribution in [3.05, 3.63) is 30.1 Å². The summed E-state index contributed by atoms with van der Waals surface area (Å²) in [7, 11) is 3.16. The molecule has 2 aromatic heterocycles. The summed E-state index contributed by atoms with van der Waals surface area (Å²) in [6.07, 6.45) is 3.31. The van der Waals surface area contributed by atoms with Crippen LogP contribution in [0.4, 0.5) is 5.82 Å². The number of amides is 1. The van der Waals surface area contributed by atoms with Gasteiger partial charge in [0.05, 0.1) is 26.1 Å². The van der Waals surface area contributed by atoms with E-state index in [1.165, 1.54) is 6.20 Å². The lowest BCUT2D eigenvalue weighted by atomic mass is 10.1. The average molecular weight is 397 g/mol. The van der Waals surface area contributed by atoms with Crippen LogP contribution < -0.4 is 20.5 Å². The second-order valence-corrected chi connectivity index (χ2v) is 6.79. The summed E-state index contributed by atoms with van der Waals surface area (Å²) in [5.74, 6) is 1.15. The number of anilines is 1. The van der Waals surface area contributed by atoms with Crippen molar-refractivity contribution in [2.24, 2.45) is 5.73 Å². The van der Waals surface area contributed by atoms with Crippen LogP contribution in [0.15, 0.2) is 24.4 Å². The number of aromatic amines is 1. The van der Waals surface area contributed by atoms with E-state index >= 15 is 0 Å². The number of primary amides is 1. The van der Waals surface area contributed by atoms with Crippen LogP contribution in [-0.2, 0) is 4.74 Å². The van der Waals surface area contributed by atoms with Crippen molar-refractivity contribution in [2.45, 2.75) is 18.9 Å². The molecule has 1 amide bonds. The number of carbonyl (C=O) groups excluding carboxylic acids is 1. The van der Waals surface area contributed by atoms with Crippen LogP contribution >= 0.6 is 0 Å². The highest BCUT2D eigenvalue weighted by Gasteiger charge is 2.20. The maximum atomic E-state index is 12.0. The molecule has 0 bridgehead atoms. The van der Waals surface area contributed by atoms with E-state index in [0.29, 0.717) is 41.9 Å². The Bertz CT molecular complexity index is 1040. The van der Waals surface area contributed by atoms with E-state index in [9.17, 15) is 4.79 Å². The third-order valence-electron chi connectivity index (χ3n) is 4.98. The number of carbonyl (C=O) groups is 1. The first-order valence-electron chi connectivity index (χ1n) is 9.36. The molecule has 0 radical (unpaired) electrons. The summed E-state index contributed by atoms with van der Waals surface area (Å²) in [6, 6.07) is 5.79. The maximum absolute atomic E-state index is 12.0. The second-order valence-electron chi connectivity index (χ2n) is 6.79. The van der Waals surface area contributed by atoms with Gasteiger partial charge < -0.3 is 30.2 Å². The molecule has 29 heavy (non-hydrogen) atoms. The molecule has 152 valence electrons. The van der Waals surface area contributed by atoms with E-state index in [-0.39, 0.29) is 11.7 Å². The number of rotatable bonds is 6. The number of aromatic nitrogens is 3. The SMILES string of the molecule is COc1ccc2[nH]c(-c3nc(NC4CCOCC4)cnc3C(N)=O)cc2c1OC. The van der Waals surface area contributed by atoms with E-state index in [4.69, 9.17) is 19.9 Å². The average Bonchev–Trinajstić information content (AvgIpc) is 3.17. The van der Waals surface area contributed by atoms with Crippen LogP contribution in [0.3, 0.4) is 0 Å². The van der Waals surface area contributed by atoms with Crippen molar-refractivity contribution < 1.29 is 19.0 Å². The molecule has 4 rings (SSSR count). The Balaban J connectivity index is 1.77. The minimum Gasteiger partial charge on any atom is -0.493 e. The van der Waals surface area contributed by atoms with Crippen LogP contribution in [0.25, 0.3) is 22.3 Å². The van der Waals surface area contributed by atoms with Crippen LogP contribution in [0.1, 0.15) is 23.3 Å². The number of nitrogens with two attached hydrogens (primary N) is 1. The minimum absolute atomic E-state index is 0.0972. The summed E-state index contributed by atoms with van der Waals surface area (Å²) < 4.78 is 16.3. The Morgan fingerprint density at radius 1 is 1.28 bits per heavy atom. The van der Waals surface area contributed by atoms with Gasteiger partial charge in [-0.05, 0) is 31.0 Å². The van der Waals surface area contributed by atoms with Gasteiger partial charge in [0, 0.05) is 30.2 Å². The number of nitrogens with zero attached hydrogens (tertiary/aromatic N) is 2. The van der Waals surface area contributed by atoms with Gasteiger partial charge >= 0.3 is 0 Å². The molecule has 1 aliphatic rings. The first-order valence-corrected chi connectivity index (χ1v) is 9.36. The highest BCUT2D eigenvalue weighted by molar-refractivity contribution is 5.99. The molecule has 0 spiro atoms. The molecular weight excluding hydrogens is 374 g/mol. The van der Waals surface area contributed by atoms with Gasteiger partial charge in [-0.2, -0.15) is 0 Å². The first kappa shape index (κ1) is 19.0.